The van der Waals surface area contributed by atoms with Crippen LogP contribution >= 0.6 is 0 Å². The summed E-state index contributed by atoms with van der Waals surface area (Å²) in [5.74, 6) is 0. The standard InChI is InChI=1S/C41H25N3/c1-2-14-36-33(11-1)39-34-12-4-8-25-7-3-9-29(38(25)34)24-37(39)44(36)31-18-17-26-21-28(16-15-27(26)22-31)35-23-30-10-5-19-42-40(30)41-32(35)13-6-20-43-41/h1-11,13-24H,12H2. The van der Waals surface area contributed by atoms with Crippen LogP contribution in [0.1, 0.15) is 11.1 Å². The fraction of sp³-hybridized carbons (Fsp3) is 0.0244. The summed E-state index contributed by atoms with van der Waals surface area (Å²) in [7, 11) is 0. The molecule has 0 radical (unpaired) electrons. The zero-order valence-corrected chi connectivity index (χ0v) is 23.8. The summed E-state index contributed by atoms with van der Waals surface area (Å²) in [6.07, 6.45) is 9.22. The van der Waals surface area contributed by atoms with Crippen molar-refractivity contribution in [1.29, 1.82) is 0 Å². The van der Waals surface area contributed by atoms with Crippen molar-refractivity contribution in [3.05, 3.63) is 145 Å². The first-order valence-electron chi connectivity index (χ1n) is 15.1. The highest BCUT2D eigenvalue weighted by Gasteiger charge is 2.20. The molecule has 3 heterocycles. The zero-order chi connectivity index (χ0) is 28.8. The van der Waals surface area contributed by atoms with Crippen LogP contribution in [0.4, 0.5) is 0 Å². The van der Waals surface area contributed by atoms with Crippen molar-refractivity contribution in [1.82, 2.24) is 14.5 Å². The molecule has 0 fully saturated rings. The van der Waals surface area contributed by atoms with Gasteiger partial charge in [-0.2, -0.15) is 0 Å². The maximum absolute atomic E-state index is 4.72. The Hall–Kier alpha value is -5.80. The molecule has 1 aliphatic carbocycles. The molecule has 0 atom stereocenters. The SMILES string of the molecule is C1=Cc2cccc3cc4c(c(c23)C1)c1ccccc1n4-c1ccc2cc(-c3cc4cccnc4c4ncccc34)ccc2c1. The Balaban J connectivity index is 1.19. The van der Waals surface area contributed by atoms with E-state index in [1.165, 1.54) is 71.3 Å². The molecule has 3 nitrogen and oxygen atoms in total. The molecule has 44 heavy (non-hydrogen) atoms. The summed E-state index contributed by atoms with van der Waals surface area (Å²) in [6.45, 7) is 0. The molecule has 0 spiro atoms. The molecule has 6 aromatic carbocycles. The van der Waals surface area contributed by atoms with Crippen LogP contribution in [0.15, 0.2) is 134 Å². The highest BCUT2D eigenvalue weighted by molar-refractivity contribution is 6.18. The number of rotatable bonds is 2. The van der Waals surface area contributed by atoms with Crippen molar-refractivity contribution in [3.63, 3.8) is 0 Å². The molecule has 0 bridgehead atoms. The Morgan fingerprint density at radius 3 is 2.34 bits per heavy atom. The number of fused-ring (bicyclic) bond motifs is 8. The van der Waals surface area contributed by atoms with Gasteiger partial charge in [0.1, 0.15) is 0 Å². The van der Waals surface area contributed by atoms with Gasteiger partial charge in [0.25, 0.3) is 0 Å². The summed E-state index contributed by atoms with van der Waals surface area (Å²) >= 11 is 0. The number of allylic oxidation sites excluding steroid dienone is 1. The van der Waals surface area contributed by atoms with E-state index in [9.17, 15) is 0 Å². The number of benzene rings is 6. The zero-order valence-electron chi connectivity index (χ0n) is 23.8. The second kappa shape index (κ2) is 8.85. The molecule has 0 N–H and O–H groups in total. The number of hydrogen-bond acceptors (Lipinski definition) is 2. The normalized spacial score (nSPS) is 12.8. The molecule has 0 saturated carbocycles. The van der Waals surface area contributed by atoms with Crippen LogP contribution in [0, 0.1) is 0 Å². The maximum atomic E-state index is 4.72. The van der Waals surface area contributed by atoms with E-state index in [2.05, 4.69) is 125 Å². The molecule has 0 aliphatic heterocycles. The second-order valence-electron chi connectivity index (χ2n) is 11.8. The maximum Gasteiger partial charge on any atom is 0.0970 e. The van der Waals surface area contributed by atoms with Gasteiger partial charge < -0.3 is 4.57 Å². The van der Waals surface area contributed by atoms with Crippen molar-refractivity contribution >= 4 is 71.2 Å². The van der Waals surface area contributed by atoms with Crippen molar-refractivity contribution in [2.45, 2.75) is 6.42 Å². The Morgan fingerprint density at radius 2 is 1.36 bits per heavy atom. The first kappa shape index (κ1) is 23.7. The molecule has 3 heteroatoms. The Morgan fingerprint density at radius 1 is 0.545 bits per heavy atom. The fourth-order valence-electron chi connectivity index (χ4n) is 7.52. The third-order valence-electron chi connectivity index (χ3n) is 9.41. The summed E-state index contributed by atoms with van der Waals surface area (Å²) in [5, 5.41) is 10.0. The van der Waals surface area contributed by atoms with Gasteiger partial charge in [-0.1, -0.05) is 78.9 Å². The van der Waals surface area contributed by atoms with Gasteiger partial charge in [0.2, 0.25) is 0 Å². The molecular weight excluding hydrogens is 534 g/mol. The van der Waals surface area contributed by atoms with E-state index in [1.807, 2.05) is 24.5 Å². The van der Waals surface area contributed by atoms with E-state index in [-0.39, 0.29) is 0 Å². The van der Waals surface area contributed by atoms with Gasteiger partial charge in [-0.25, -0.2) is 0 Å². The Bertz CT molecular complexity index is 2690. The van der Waals surface area contributed by atoms with Gasteiger partial charge in [-0.05, 0) is 98.8 Å². The van der Waals surface area contributed by atoms with Gasteiger partial charge in [0.05, 0.1) is 22.1 Å². The van der Waals surface area contributed by atoms with Crippen LogP contribution in [0.25, 0.3) is 88.0 Å². The fourth-order valence-corrected chi connectivity index (χ4v) is 7.52. The molecule has 0 saturated heterocycles. The summed E-state index contributed by atoms with van der Waals surface area (Å²) in [4.78, 5) is 9.36. The number of aromatic nitrogens is 3. The average molecular weight is 560 g/mol. The first-order valence-corrected chi connectivity index (χ1v) is 15.1. The second-order valence-corrected chi connectivity index (χ2v) is 11.8. The lowest BCUT2D eigenvalue weighted by molar-refractivity contribution is 1.18. The van der Waals surface area contributed by atoms with E-state index in [0.717, 1.165) is 28.2 Å². The van der Waals surface area contributed by atoms with Crippen LogP contribution in [0.5, 0.6) is 0 Å². The van der Waals surface area contributed by atoms with Crippen molar-refractivity contribution in [3.8, 4) is 16.8 Å². The van der Waals surface area contributed by atoms with Gasteiger partial charge in [-0.3, -0.25) is 9.97 Å². The minimum Gasteiger partial charge on any atom is -0.309 e. The molecule has 0 amide bonds. The molecule has 10 rings (SSSR count). The van der Waals surface area contributed by atoms with Crippen molar-refractivity contribution in [2.24, 2.45) is 0 Å². The quantitative estimate of drug-likeness (QED) is 0.197. The predicted octanol–water partition coefficient (Wildman–Crippen LogP) is 10.4. The topological polar surface area (TPSA) is 30.7 Å². The van der Waals surface area contributed by atoms with E-state index < -0.39 is 0 Å². The van der Waals surface area contributed by atoms with Crippen LogP contribution in [0.2, 0.25) is 0 Å². The number of hydrogen-bond donors (Lipinski definition) is 0. The van der Waals surface area contributed by atoms with Crippen molar-refractivity contribution in [2.75, 3.05) is 0 Å². The molecule has 0 unspecified atom stereocenters. The summed E-state index contributed by atoms with van der Waals surface area (Å²) in [6, 6.07) is 42.1. The van der Waals surface area contributed by atoms with Gasteiger partial charge in [-0.15, -0.1) is 0 Å². The highest BCUT2D eigenvalue weighted by atomic mass is 15.0. The van der Waals surface area contributed by atoms with Gasteiger partial charge in [0.15, 0.2) is 0 Å². The molecule has 204 valence electrons. The molecule has 1 aliphatic rings. The average Bonchev–Trinajstić information content (AvgIpc) is 3.42. The lowest BCUT2D eigenvalue weighted by Gasteiger charge is -2.16. The number of pyridine rings is 2. The van der Waals surface area contributed by atoms with Crippen LogP contribution in [0.3, 0.4) is 0 Å². The largest absolute Gasteiger partial charge is 0.309 e. The third kappa shape index (κ3) is 3.27. The van der Waals surface area contributed by atoms with Gasteiger partial charge in [0, 0.05) is 39.6 Å². The monoisotopic (exact) mass is 559 g/mol. The van der Waals surface area contributed by atoms with E-state index in [1.54, 1.807) is 0 Å². The molecule has 3 aromatic heterocycles. The van der Waals surface area contributed by atoms with Gasteiger partial charge >= 0.3 is 0 Å². The molecular formula is C41H25N3. The van der Waals surface area contributed by atoms with Crippen LogP contribution in [-0.2, 0) is 6.42 Å². The third-order valence-corrected chi connectivity index (χ3v) is 9.41. The minimum atomic E-state index is 0.941. The van der Waals surface area contributed by atoms with Crippen molar-refractivity contribution < 1.29 is 0 Å². The summed E-state index contributed by atoms with van der Waals surface area (Å²) in [5.41, 5.74) is 10.7. The van der Waals surface area contributed by atoms with Crippen LogP contribution < -0.4 is 0 Å². The summed E-state index contributed by atoms with van der Waals surface area (Å²) < 4.78 is 2.45. The first-order chi connectivity index (χ1) is 21.8. The predicted molar refractivity (Wildman–Crippen MR) is 185 cm³/mol. The smallest absolute Gasteiger partial charge is 0.0970 e. The highest BCUT2D eigenvalue weighted by Crippen LogP contribution is 2.42. The number of para-hydroxylation sites is 1. The molecule has 9 aromatic rings. The van der Waals surface area contributed by atoms with Crippen LogP contribution in [-0.4, -0.2) is 14.5 Å². The lowest BCUT2D eigenvalue weighted by Crippen LogP contribution is -1.97. The minimum absolute atomic E-state index is 0.941. The van der Waals surface area contributed by atoms with E-state index in [0.29, 0.717) is 0 Å². The Labute approximate surface area is 253 Å². The lowest BCUT2D eigenvalue weighted by atomic mass is 9.90. The number of nitrogens with zero attached hydrogens (tertiary/aromatic N) is 3. The Kier molecular flexibility index (Phi) is 4.77. The van der Waals surface area contributed by atoms with E-state index in [4.69, 9.17) is 4.98 Å². The van der Waals surface area contributed by atoms with E-state index >= 15 is 0 Å².